The van der Waals surface area contributed by atoms with Crippen molar-refractivity contribution in [2.75, 3.05) is 0 Å². The molecule has 0 amide bonds. The van der Waals surface area contributed by atoms with Crippen LogP contribution in [-0.4, -0.2) is 5.24 Å². The summed E-state index contributed by atoms with van der Waals surface area (Å²) >= 11 is 6.99. The highest BCUT2D eigenvalue weighted by molar-refractivity contribution is 7.08. The Bertz CT molecular complexity index is 445. The summed E-state index contributed by atoms with van der Waals surface area (Å²) in [5.74, 6) is 0. The number of hydrogen-bond acceptors (Lipinski definition) is 2. The van der Waals surface area contributed by atoms with Crippen LogP contribution in [0, 0.1) is 0 Å². The average molecular weight is 237 g/mol. The first kappa shape index (κ1) is 10.4. The Morgan fingerprint density at radius 1 is 1.13 bits per heavy atom. The van der Waals surface area contributed by atoms with Gasteiger partial charge in [-0.05, 0) is 45.1 Å². The van der Waals surface area contributed by atoms with Crippen LogP contribution in [-0.2, 0) is 11.2 Å². The molecule has 0 spiro atoms. The molecule has 76 valence electrons. The number of carbonyl (C=O) groups is 1. The van der Waals surface area contributed by atoms with E-state index in [0.717, 1.165) is 5.56 Å². The first-order valence-electron chi connectivity index (χ1n) is 4.55. The molecule has 1 aromatic heterocycles. The number of carbonyl (C=O) groups excluding carboxylic acids is 1. The highest BCUT2D eigenvalue weighted by atomic mass is 35.5. The van der Waals surface area contributed by atoms with E-state index in [9.17, 15) is 4.79 Å². The molecule has 0 unspecified atom stereocenters. The van der Waals surface area contributed by atoms with Gasteiger partial charge in [0, 0.05) is 6.42 Å². The van der Waals surface area contributed by atoms with E-state index in [-0.39, 0.29) is 5.24 Å². The van der Waals surface area contributed by atoms with Crippen LogP contribution in [0.3, 0.4) is 0 Å². The standard InChI is InChI=1S/C12H9ClOS/c13-12(14)7-9-1-3-10(4-2-9)11-5-6-15-8-11/h1-6,8H,7H2. The summed E-state index contributed by atoms with van der Waals surface area (Å²) in [4.78, 5) is 10.7. The third-order valence-electron chi connectivity index (χ3n) is 2.15. The minimum absolute atomic E-state index is 0.297. The first-order chi connectivity index (χ1) is 7.25. The molecular formula is C12H9ClOS. The van der Waals surface area contributed by atoms with Gasteiger partial charge < -0.3 is 0 Å². The number of halogens is 1. The van der Waals surface area contributed by atoms with Crippen LogP contribution >= 0.6 is 22.9 Å². The molecule has 0 fully saturated rings. The van der Waals surface area contributed by atoms with Gasteiger partial charge in [0.05, 0.1) is 0 Å². The summed E-state index contributed by atoms with van der Waals surface area (Å²) < 4.78 is 0. The third kappa shape index (κ3) is 2.67. The summed E-state index contributed by atoms with van der Waals surface area (Å²) in [6.07, 6.45) is 0.297. The van der Waals surface area contributed by atoms with Gasteiger partial charge in [-0.1, -0.05) is 24.3 Å². The lowest BCUT2D eigenvalue weighted by Crippen LogP contribution is -1.92. The molecule has 1 heterocycles. The minimum atomic E-state index is -0.321. The van der Waals surface area contributed by atoms with Crippen LogP contribution < -0.4 is 0 Å². The Hall–Kier alpha value is -1.12. The van der Waals surface area contributed by atoms with E-state index in [4.69, 9.17) is 11.6 Å². The van der Waals surface area contributed by atoms with Crippen molar-refractivity contribution < 1.29 is 4.79 Å². The summed E-state index contributed by atoms with van der Waals surface area (Å²) in [6, 6.07) is 9.97. The van der Waals surface area contributed by atoms with E-state index in [2.05, 4.69) is 11.4 Å². The maximum absolute atomic E-state index is 10.7. The molecule has 2 aromatic rings. The molecule has 0 aliphatic heterocycles. The van der Waals surface area contributed by atoms with Crippen LogP contribution in [0.2, 0.25) is 0 Å². The second-order valence-electron chi connectivity index (χ2n) is 3.24. The van der Waals surface area contributed by atoms with E-state index in [1.807, 2.05) is 29.6 Å². The largest absolute Gasteiger partial charge is 0.281 e. The van der Waals surface area contributed by atoms with Crippen LogP contribution in [0.4, 0.5) is 0 Å². The van der Waals surface area contributed by atoms with Crippen LogP contribution in [0.25, 0.3) is 11.1 Å². The second-order valence-corrected chi connectivity index (χ2v) is 4.44. The van der Waals surface area contributed by atoms with E-state index in [1.165, 1.54) is 11.1 Å². The molecule has 0 atom stereocenters. The molecule has 2 rings (SSSR count). The second kappa shape index (κ2) is 4.60. The smallest absolute Gasteiger partial charge is 0.226 e. The van der Waals surface area contributed by atoms with Gasteiger partial charge in [-0.15, -0.1) is 0 Å². The van der Waals surface area contributed by atoms with Crippen LogP contribution in [0.15, 0.2) is 41.1 Å². The van der Waals surface area contributed by atoms with Gasteiger partial charge in [-0.25, -0.2) is 0 Å². The lowest BCUT2D eigenvalue weighted by Gasteiger charge is -2.00. The Kier molecular flexibility index (Phi) is 3.19. The zero-order valence-corrected chi connectivity index (χ0v) is 9.52. The van der Waals surface area contributed by atoms with Crippen molar-refractivity contribution in [2.24, 2.45) is 0 Å². The van der Waals surface area contributed by atoms with Gasteiger partial charge in [0.15, 0.2) is 0 Å². The monoisotopic (exact) mass is 236 g/mol. The van der Waals surface area contributed by atoms with Crippen molar-refractivity contribution in [3.63, 3.8) is 0 Å². The maximum Gasteiger partial charge on any atom is 0.226 e. The molecule has 0 bridgehead atoms. The third-order valence-corrected chi connectivity index (χ3v) is 2.97. The first-order valence-corrected chi connectivity index (χ1v) is 5.87. The normalized spacial score (nSPS) is 10.2. The molecule has 15 heavy (non-hydrogen) atoms. The predicted octanol–water partition coefficient (Wildman–Crippen LogP) is 3.72. The summed E-state index contributed by atoms with van der Waals surface area (Å²) in [5.41, 5.74) is 3.33. The van der Waals surface area contributed by atoms with Gasteiger partial charge >= 0.3 is 0 Å². The molecule has 3 heteroatoms. The SMILES string of the molecule is O=C(Cl)Cc1ccc(-c2ccsc2)cc1. The Morgan fingerprint density at radius 2 is 1.87 bits per heavy atom. The van der Waals surface area contributed by atoms with Crippen molar-refractivity contribution in [1.29, 1.82) is 0 Å². The predicted molar refractivity (Wildman–Crippen MR) is 64.3 cm³/mol. The zero-order chi connectivity index (χ0) is 10.7. The quantitative estimate of drug-likeness (QED) is 0.743. The molecule has 1 nitrogen and oxygen atoms in total. The fraction of sp³-hybridized carbons (Fsp3) is 0.0833. The molecule has 0 radical (unpaired) electrons. The van der Waals surface area contributed by atoms with E-state index >= 15 is 0 Å². The van der Waals surface area contributed by atoms with Crippen molar-refractivity contribution in [3.8, 4) is 11.1 Å². The highest BCUT2D eigenvalue weighted by Gasteiger charge is 2.01. The van der Waals surface area contributed by atoms with Crippen molar-refractivity contribution >= 4 is 28.2 Å². The number of hydrogen-bond donors (Lipinski definition) is 0. The summed E-state index contributed by atoms with van der Waals surface area (Å²) in [5, 5.41) is 3.83. The van der Waals surface area contributed by atoms with Gasteiger partial charge in [0.25, 0.3) is 0 Å². The molecule has 0 aliphatic rings. The van der Waals surface area contributed by atoms with Gasteiger partial charge in [-0.3, -0.25) is 4.79 Å². The maximum atomic E-state index is 10.7. The van der Waals surface area contributed by atoms with Crippen molar-refractivity contribution in [3.05, 3.63) is 46.7 Å². The zero-order valence-electron chi connectivity index (χ0n) is 7.94. The van der Waals surface area contributed by atoms with Gasteiger partial charge in [0.1, 0.15) is 0 Å². The topological polar surface area (TPSA) is 17.1 Å². The molecule has 0 saturated heterocycles. The lowest BCUT2D eigenvalue weighted by molar-refractivity contribution is -0.111. The van der Waals surface area contributed by atoms with E-state index in [0.29, 0.717) is 6.42 Å². The van der Waals surface area contributed by atoms with Crippen molar-refractivity contribution in [1.82, 2.24) is 0 Å². The van der Waals surface area contributed by atoms with Gasteiger partial charge in [-0.2, -0.15) is 11.3 Å². The van der Waals surface area contributed by atoms with E-state index in [1.54, 1.807) is 11.3 Å². The average Bonchev–Trinajstić information content (AvgIpc) is 2.71. The molecule has 0 N–H and O–H groups in total. The molecule has 0 saturated carbocycles. The molecular weight excluding hydrogens is 228 g/mol. The summed E-state index contributed by atoms with van der Waals surface area (Å²) in [7, 11) is 0. The fourth-order valence-electron chi connectivity index (χ4n) is 1.40. The highest BCUT2D eigenvalue weighted by Crippen LogP contribution is 2.22. The Morgan fingerprint density at radius 3 is 2.40 bits per heavy atom. The Balaban J connectivity index is 2.21. The minimum Gasteiger partial charge on any atom is -0.281 e. The van der Waals surface area contributed by atoms with Crippen molar-refractivity contribution in [2.45, 2.75) is 6.42 Å². The molecule has 0 aliphatic carbocycles. The van der Waals surface area contributed by atoms with E-state index < -0.39 is 0 Å². The summed E-state index contributed by atoms with van der Waals surface area (Å²) in [6.45, 7) is 0. The van der Waals surface area contributed by atoms with Gasteiger partial charge in [0.2, 0.25) is 5.24 Å². The van der Waals surface area contributed by atoms with Crippen LogP contribution in [0.1, 0.15) is 5.56 Å². The Labute approximate surface area is 97.3 Å². The number of thiophene rings is 1. The number of rotatable bonds is 3. The number of benzene rings is 1. The molecule has 1 aromatic carbocycles. The fourth-order valence-corrected chi connectivity index (χ4v) is 2.22. The lowest BCUT2D eigenvalue weighted by atomic mass is 10.1. The van der Waals surface area contributed by atoms with Crippen LogP contribution in [0.5, 0.6) is 0 Å².